The van der Waals surface area contributed by atoms with E-state index in [9.17, 15) is 14.7 Å². The Labute approximate surface area is 135 Å². The fourth-order valence-electron chi connectivity index (χ4n) is 2.55. The van der Waals surface area contributed by atoms with Crippen molar-refractivity contribution in [2.24, 2.45) is 5.73 Å². The Kier molecular flexibility index (Phi) is 5.76. The summed E-state index contributed by atoms with van der Waals surface area (Å²) in [4.78, 5) is 26.6. The molecule has 1 amide bonds. The maximum atomic E-state index is 12.0. The predicted molar refractivity (Wildman–Crippen MR) is 89.1 cm³/mol. The first-order valence-corrected chi connectivity index (χ1v) is 7.86. The maximum absolute atomic E-state index is 12.0. The molecule has 1 heterocycles. The van der Waals surface area contributed by atoms with Crippen molar-refractivity contribution in [1.82, 2.24) is 10.3 Å². The molecule has 2 rings (SSSR count). The molecule has 0 fully saturated rings. The molecule has 0 aliphatic heterocycles. The summed E-state index contributed by atoms with van der Waals surface area (Å²) in [7, 11) is 0. The number of carboxylic acids is 1. The zero-order valence-corrected chi connectivity index (χ0v) is 13.2. The van der Waals surface area contributed by atoms with Crippen molar-refractivity contribution < 1.29 is 14.7 Å². The van der Waals surface area contributed by atoms with Gasteiger partial charge >= 0.3 is 5.97 Å². The van der Waals surface area contributed by atoms with Crippen LogP contribution in [0.5, 0.6) is 0 Å². The van der Waals surface area contributed by atoms with E-state index in [1.54, 1.807) is 6.20 Å². The van der Waals surface area contributed by atoms with E-state index < -0.39 is 24.0 Å². The Morgan fingerprint density at radius 1 is 1.35 bits per heavy atom. The number of fused-ring (bicyclic) bond motifs is 1. The number of nitrogens with one attached hydrogen (secondary N) is 2. The third-order valence-electron chi connectivity index (χ3n) is 3.92. The van der Waals surface area contributed by atoms with E-state index in [1.165, 1.54) is 0 Å². The molecule has 0 saturated carbocycles. The van der Waals surface area contributed by atoms with Crippen LogP contribution in [-0.4, -0.2) is 34.1 Å². The van der Waals surface area contributed by atoms with E-state index >= 15 is 0 Å². The summed E-state index contributed by atoms with van der Waals surface area (Å²) in [6, 6.07) is 6.00. The number of unbranched alkanes of at least 4 members (excludes halogenated alkanes) is 1. The van der Waals surface area contributed by atoms with E-state index in [2.05, 4.69) is 10.3 Å². The van der Waals surface area contributed by atoms with E-state index in [1.807, 2.05) is 31.2 Å². The van der Waals surface area contributed by atoms with Crippen LogP contribution >= 0.6 is 0 Å². The quantitative estimate of drug-likeness (QED) is 0.595. The second kappa shape index (κ2) is 7.78. The van der Waals surface area contributed by atoms with Gasteiger partial charge in [-0.1, -0.05) is 38.0 Å². The van der Waals surface area contributed by atoms with Crippen LogP contribution in [0.15, 0.2) is 30.5 Å². The Bertz CT molecular complexity index is 681. The van der Waals surface area contributed by atoms with Crippen LogP contribution in [0.1, 0.15) is 31.7 Å². The number of H-pyrrole nitrogens is 1. The highest BCUT2D eigenvalue weighted by molar-refractivity contribution is 5.88. The number of rotatable bonds is 8. The average Bonchev–Trinajstić information content (AvgIpc) is 2.95. The fourth-order valence-corrected chi connectivity index (χ4v) is 2.55. The fraction of sp³-hybridized carbons (Fsp3) is 0.412. The van der Waals surface area contributed by atoms with E-state index in [4.69, 9.17) is 5.73 Å². The topological polar surface area (TPSA) is 108 Å². The summed E-state index contributed by atoms with van der Waals surface area (Å²) < 4.78 is 0. The smallest absolute Gasteiger partial charge is 0.326 e. The molecule has 6 nitrogen and oxygen atoms in total. The SMILES string of the molecule is CCCC[C@@H](N)C(=O)N[C@@H](Cc1c[nH]c2ccccc12)C(=O)O. The van der Waals surface area contributed by atoms with Crippen LogP contribution < -0.4 is 11.1 Å². The molecule has 0 saturated heterocycles. The van der Waals surface area contributed by atoms with Gasteiger partial charge in [-0.3, -0.25) is 4.79 Å². The number of hydrogen-bond donors (Lipinski definition) is 4. The molecule has 23 heavy (non-hydrogen) atoms. The molecule has 0 aliphatic carbocycles. The van der Waals surface area contributed by atoms with Crippen molar-refractivity contribution in [3.63, 3.8) is 0 Å². The minimum Gasteiger partial charge on any atom is -0.480 e. The minimum atomic E-state index is -1.06. The molecule has 1 aromatic heterocycles. The van der Waals surface area contributed by atoms with Gasteiger partial charge in [-0.15, -0.1) is 0 Å². The van der Waals surface area contributed by atoms with Crippen molar-refractivity contribution in [2.45, 2.75) is 44.7 Å². The summed E-state index contributed by atoms with van der Waals surface area (Å²) >= 11 is 0. The van der Waals surface area contributed by atoms with Gasteiger partial charge in [-0.25, -0.2) is 4.79 Å². The lowest BCUT2D eigenvalue weighted by atomic mass is 10.0. The maximum Gasteiger partial charge on any atom is 0.326 e. The van der Waals surface area contributed by atoms with Gasteiger partial charge in [0.2, 0.25) is 5.91 Å². The highest BCUT2D eigenvalue weighted by Crippen LogP contribution is 2.19. The number of para-hydroxylation sites is 1. The summed E-state index contributed by atoms with van der Waals surface area (Å²) in [6.45, 7) is 2.02. The standard InChI is InChI=1S/C17H23N3O3/c1-2-3-7-13(18)16(21)20-15(17(22)23)9-11-10-19-14-8-5-4-6-12(11)14/h4-6,8,10,13,15,19H,2-3,7,9,18H2,1H3,(H,20,21)(H,22,23)/t13-,15+/m1/s1. The first kappa shape index (κ1) is 17.0. The molecule has 2 aromatic rings. The predicted octanol–water partition coefficient (Wildman–Crippen LogP) is 1.80. The molecule has 1 aromatic carbocycles. The lowest BCUT2D eigenvalue weighted by molar-refractivity contribution is -0.142. The molecular weight excluding hydrogens is 294 g/mol. The van der Waals surface area contributed by atoms with Crippen LogP contribution in [-0.2, 0) is 16.0 Å². The molecule has 0 spiro atoms. The van der Waals surface area contributed by atoms with E-state index in [0.717, 1.165) is 29.3 Å². The third kappa shape index (κ3) is 4.32. The molecule has 5 N–H and O–H groups in total. The number of amides is 1. The Morgan fingerprint density at radius 2 is 2.09 bits per heavy atom. The van der Waals surface area contributed by atoms with Crippen LogP contribution in [0.2, 0.25) is 0 Å². The van der Waals surface area contributed by atoms with Crippen molar-refractivity contribution in [2.75, 3.05) is 0 Å². The van der Waals surface area contributed by atoms with Gasteiger partial charge in [0.05, 0.1) is 6.04 Å². The van der Waals surface area contributed by atoms with Gasteiger partial charge in [0.1, 0.15) is 6.04 Å². The number of carbonyl (C=O) groups excluding carboxylic acids is 1. The van der Waals surface area contributed by atoms with Crippen LogP contribution in [0.3, 0.4) is 0 Å². The summed E-state index contributed by atoms with van der Waals surface area (Å²) in [5.41, 5.74) is 7.60. The van der Waals surface area contributed by atoms with Gasteiger partial charge in [0, 0.05) is 23.5 Å². The summed E-state index contributed by atoms with van der Waals surface area (Å²) in [5.74, 6) is -1.47. The number of aromatic amines is 1. The first-order valence-electron chi connectivity index (χ1n) is 7.86. The zero-order valence-electron chi connectivity index (χ0n) is 13.2. The van der Waals surface area contributed by atoms with Crippen molar-refractivity contribution >= 4 is 22.8 Å². The molecular formula is C17H23N3O3. The molecule has 124 valence electrons. The molecule has 0 radical (unpaired) electrons. The normalized spacial score (nSPS) is 13.7. The largest absolute Gasteiger partial charge is 0.480 e. The zero-order chi connectivity index (χ0) is 16.8. The second-order valence-electron chi connectivity index (χ2n) is 5.71. The number of nitrogens with two attached hydrogens (primary N) is 1. The third-order valence-corrected chi connectivity index (χ3v) is 3.92. The number of hydrogen-bond acceptors (Lipinski definition) is 3. The van der Waals surface area contributed by atoms with E-state index in [-0.39, 0.29) is 6.42 Å². The molecule has 0 unspecified atom stereocenters. The van der Waals surface area contributed by atoms with Gasteiger partial charge in [0.15, 0.2) is 0 Å². The van der Waals surface area contributed by atoms with Crippen LogP contribution in [0.25, 0.3) is 10.9 Å². The number of aliphatic carboxylic acids is 1. The van der Waals surface area contributed by atoms with Crippen LogP contribution in [0, 0.1) is 0 Å². The van der Waals surface area contributed by atoms with Crippen molar-refractivity contribution in [1.29, 1.82) is 0 Å². The highest BCUT2D eigenvalue weighted by atomic mass is 16.4. The monoisotopic (exact) mass is 317 g/mol. The van der Waals surface area contributed by atoms with E-state index in [0.29, 0.717) is 6.42 Å². The number of aromatic nitrogens is 1. The lowest BCUT2D eigenvalue weighted by Gasteiger charge is -2.17. The minimum absolute atomic E-state index is 0.214. The lowest BCUT2D eigenvalue weighted by Crippen LogP contribution is -2.49. The Balaban J connectivity index is 2.07. The van der Waals surface area contributed by atoms with Gasteiger partial charge in [-0.05, 0) is 18.1 Å². The van der Waals surface area contributed by atoms with Gasteiger partial charge < -0.3 is 21.1 Å². The van der Waals surface area contributed by atoms with Crippen molar-refractivity contribution in [3.05, 3.63) is 36.0 Å². The summed E-state index contributed by atoms with van der Waals surface area (Å²) in [6.07, 6.45) is 4.34. The first-order chi connectivity index (χ1) is 11.0. The number of carbonyl (C=O) groups is 2. The second-order valence-corrected chi connectivity index (χ2v) is 5.71. The van der Waals surface area contributed by atoms with Crippen molar-refractivity contribution in [3.8, 4) is 0 Å². The Hall–Kier alpha value is -2.34. The average molecular weight is 317 g/mol. The number of carboxylic acid groups (broad SMARTS) is 1. The molecule has 0 aliphatic rings. The number of benzene rings is 1. The molecule has 6 heteroatoms. The molecule has 0 bridgehead atoms. The van der Waals surface area contributed by atoms with Gasteiger partial charge in [0.25, 0.3) is 0 Å². The van der Waals surface area contributed by atoms with Crippen LogP contribution in [0.4, 0.5) is 0 Å². The van der Waals surface area contributed by atoms with Gasteiger partial charge in [-0.2, -0.15) is 0 Å². The molecule has 2 atom stereocenters. The highest BCUT2D eigenvalue weighted by Gasteiger charge is 2.24. The summed E-state index contributed by atoms with van der Waals surface area (Å²) in [5, 5.41) is 12.9. The Morgan fingerprint density at radius 3 is 2.78 bits per heavy atom.